The topological polar surface area (TPSA) is 53.9 Å². The van der Waals surface area contributed by atoms with Crippen LogP contribution in [-0.2, 0) is 0 Å². The number of ether oxygens (including phenoxy) is 1. The van der Waals surface area contributed by atoms with E-state index in [9.17, 15) is 4.79 Å². The Balaban J connectivity index is 1.87. The fourth-order valence-electron chi connectivity index (χ4n) is 1.87. The molecule has 0 unspecified atom stereocenters. The molecule has 0 saturated heterocycles. The minimum atomic E-state index is -0.309. The number of carbonyl (C=O) groups excluding carboxylic acids is 1. The van der Waals surface area contributed by atoms with Gasteiger partial charge in [-0.2, -0.15) is 5.10 Å². The molecule has 1 amide bonds. The average molecular weight is 380 g/mol. The van der Waals surface area contributed by atoms with Crippen LogP contribution in [0.2, 0.25) is 10.0 Å². The number of halogens is 2. The van der Waals surface area contributed by atoms with Crippen LogP contribution in [0.5, 0.6) is 5.75 Å². The largest absolute Gasteiger partial charge is 0.492 e. The smallest absolute Gasteiger partial charge is 0.271 e. The maximum atomic E-state index is 12.1. The van der Waals surface area contributed by atoms with Crippen LogP contribution < -0.4 is 10.2 Å². The molecular weight excluding hydrogens is 361 g/mol. The number of hydrazone groups is 1. The summed E-state index contributed by atoms with van der Waals surface area (Å²) in [5.41, 5.74) is 3.69. The Morgan fingerprint density at radius 3 is 2.52 bits per heavy atom. The lowest BCUT2D eigenvalue weighted by Gasteiger charge is -2.11. The second-order valence-electron chi connectivity index (χ2n) is 5.55. The van der Waals surface area contributed by atoms with E-state index >= 15 is 0 Å². The van der Waals surface area contributed by atoms with E-state index in [1.54, 1.807) is 42.5 Å². The summed E-state index contributed by atoms with van der Waals surface area (Å²) < 4.78 is 5.59. The quantitative estimate of drug-likeness (QED) is 0.589. The molecule has 0 bridgehead atoms. The monoisotopic (exact) mass is 379 g/mol. The summed E-state index contributed by atoms with van der Waals surface area (Å²) in [6, 6.07) is 12.0. The van der Waals surface area contributed by atoms with Gasteiger partial charge in [-0.05, 0) is 56.1 Å². The molecule has 2 aromatic rings. The number of hydrogen-bond donors (Lipinski definition) is 1. The molecule has 132 valence electrons. The summed E-state index contributed by atoms with van der Waals surface area (Å²) in [6.07, 6.45) is 1.50. The van der Waals surface area contributed by atoms with Crippen LogP contribution in [0.15, 0.2) is 47.6 Å². The first-order chi connectivity index (χ1) is 12.0. The molecule has 0 saturated carbocycles. The molecule has 2 aromatic carbocycles. The summed E-state index contributed by atoms with van der Waals surface area (Å²) in [4.78, 5) is 14.1. The maximum absolute atomic E-state index is 12.1. The number of hydrogen-bond acceptors (Lipinski definition) is 4. The minimum absolute atomic E-state index is 0.309. The zero-order chi connectivity index (χ0) is 18.2. The lowest BCUT2D eigenvalue weighted by Crippen LogP contribution is -2.19. The minimum Gasteiger partial charge on any atom is -0.492 e. The Morgan fingerprint density at radius 2 is 1.88 bits per heavy atom. The molecule has 7 heteroatoms. The maximum Gasteiger partial charge on any atom is 0.271 e. The molecule has 0 aromatic heterocycles. The molecule has 2 rings (SSSR count). The second kappa shape index (κ2) is 9.42. The van der Waals surface area contributed by atoms with E-state index in [2.05, 4.69) is 10.5 Å². The first kappa shape index (κ1) is 19.2. The molecular formula is C18H19Cl2N3O2. The van der Waals surface area contributed by atoms with Crippen molar-refractivity contribution in [3.63, 3.8) is 0 Å². The first-order valence-corrected chi connectivity index (χ1v) is 8.37. The normalized spacial score (nSPS) is 11.1. The number of benzene rings is 2. The Hall–Kier alpha value is -2.08. The van der Waals surface area contributed by atoms with Gasteiger partial charge < -0.3 is 9.64 Å². The third kappa shape index (κ3) is 6.38. The summed E-state index contributed by atoms with van der Waals surface area (Å²) in [5.74, 6) is 0.411. The van der Waals surface area contributed by atoms with Crippen molar-refractivity contribution < 1.29 is 9.53 Å². The van der Waals surface area contributed by atoms with Crippen molar-refractivity contribution in [2.24, 2.45) is 5.10 Å². The van der Waals surface area contributed by atoms with Gasteiger partial charge in [0.2, 0.25) is 0 Å². The van der Waals surface area contributed by atoms with Gasteiger partial charge in [0.05, 0.1) is 16.3 Å². The van der Waals surface area contributed by atoms with E-state index in [1.165, 1.54) is 6.21 Å². The van der Waals surface area contributed by atoms with Crippen LogP contribution in [0.1, 0.15) is 15.9 Å². The standard InChI is InChI=1S/C18H19Cl2N3O2/c1-23(2)9-10-25-15-6-4-14(5-7-15)18(24)22-21-12-13-3-8-16(19)17(20)11-13/h3-8,11-12H,9-10H2,1-2H3,(H,22,24)/b21-12+. The SMILES string of the molecule is CN(C)CCOc1ccc(C(=O)N/N=C/c2ccc(Cl)c(Cl)c2)cc1. The number of amides is 1. The van der Waals surface area contributed by atoms with E-state index in [4.69, 9.17) is 27.9 Å². The predicted molar refractivity (Wildman–Crippen MR) is 102 cm³/mol. The molecule has 1 N–H and O–H groups in total. The number of rotatable bonds is 7. The van der Waals surface area contributed by atoms with E-state index in [-0.39, 0.29) is 5.91 Å². The van der Waals surface area contributed by atoms with E-state index < -0.39 is 0 Å². The Bertz CT molecular complexity index is 746. The highest BCUT2D eigenvalue weighted by atomic mass is 35.5. The van der Waals surface area contributed by atoms with E-state index in [0.717, 1.165) is 17.9 Å². The van der Waals surface area contributed by atoms with Crippen LogP contribution in [0.25, 0.3) is 0 Å². The number of nitrogens with zero attached hydrogens (tertiary/aromatic N) is 2. The molecule has 0 aliphatic heterocycles. The van der Waals surface area contributed by atoms with Crippen LogP contribution in [0, 0.1) is 0 Å². The Labute approximate surface area is 157 Å². The van der Waals surface area contributed by atoms with Gasteiger partial charge >= 0.3 is 0 Å². The van der Waals surface area contributed by atoms with Crippen LogP contribution >= 0.6 is 23.2 Å². The molecule has 0 heterocycles. The number of carbonyl (C=O) groups is 1. The predicted octanol–water partition coefficient (Wildman–Crippen LogP) is 3.70. The van der Waals surface area contributed by atoms with Gasteiger partial charge in [0.15, 0.2) is 0 Å². The number of likely N-dealkylation sites (N-methyl/N-ethyl adjacent to an activating group) is 1. The third-order valence-electron chi connectivity index (χ3n) is 3.25. The van der Waals surface area contributed by atoms with Gasteiger partial charge in [-0.3, -0.25) is 4.79 Å². The lowest BCUT2D eigenvalue weighted by molar-refractivity contribution is 0.0955. The van der Waals surface area contributed by atoms with Gasteiger partial charge in [-0.25, -0.2) is 5.43 Å². The van der Waals surface area contributed by atoms with Crippen molar-refractivity contribution >= 4 is 35.3 Å². The fraction of sp³-hybridized carbons (Fsp3) is 0.222. The first-order valence-electron chi connectivity index (χ1n) is 7.62. The molecule has 0 spiro atoms. The summed E-state index contributed by atoms with van der Waals surface area (Å²) in [7, 11) is 3.96. The van der Waals surface area contributed by atoms with Gasteiger partial charge in [-0.15, -0.1) is 0 Å². The van der Waals surface area contributed by atoms with Crippen molar-refractivity contribution in [1.29, 1.82) is 0 Å². The van der Waals surface area contributed by atoms with E-state index in [0.29, 0.717) is 22.2 Å². The third-order valence-corrected chi connectivity index (χ3v) is 3.99. The van der Waals surface area contributed by atoms with Crippen LogP contribution in [-0.4, -0.2) is 44.3 Å². The average Bonchev–Trinajstić information content (AvgIpc) is 2.58. The second-order valence-corrected chi connectivity index (χ2v) is 6.36. The molecule has 0 atom stereocenters. The van der Waals surface area contributed by atoms with Gasteiger partial charge in [0.25, 0.3) is 5.91 Å². The highest BCUT2D eigenvalue weighted by molar-refractivity contribution is 6.42. The molecule has 0 radical (unpaired) electrons. The van der Waals surface area contributed by atoms with Crippen molar-refractivity contribution in [3.8, 4) is 5.75 Å². The van der Waals surface area contributed by atoms with Gasteiger partial charge in [0.1, 0.15) is 12.4 Å². The van der Waals surface area contributed by atoms with Gasteiger partial charge in [0, 0.05) is 12.1 Å². The highest BCUT2D eigenvalue weighted by Gasteiger charge is 2.04. The van der Waals surface area contributed by atoms with Crippen LogP contribution in [0.4, 0.5) is 0 Å². The highest BCUT2D eigenvalue weighted by Crippen LogP contribution is 2.21. The summed E-state index contributed by atoms with van der Waals surface area (Å²) in [6.45, 7) is 1.41. The van der Waals surface area contributed by atoms with E-state index in [1.807, 2.05) is 19.0 Å². The van der Waals surface area contributed by atoms with Crippen molar-refractivity contribution in [2.45, 2.75) is 0 Å². The van der Waals surface area contributed by atoms with Crippen molar-refractivity contribution in [2.75, 3.05) is 27.2 Å². The summed E-state index contributed by atoms with van der Waals surface area (Å²) >= 11 is 11.8. The Kier molecular flexibility index (Phi) is 7.25. The molecule has 0 aliphatic rings. The number of nitrogens with one attached hydrogen (secondary N) is 1. The zero-order valence-electron chi connectivity index (χ0n) is 14.0. The van der Waals surface area contributed by atoms with Crippen molar-refractivity contribution in [1.82, 2.24) is 10.3 Å². The molecule has 5 nitrogen and oxygen atoms in total. The molecule has 0 aliphatic carbocycles. The molecule has 25 heavy (non-hydrogen) atoms. The molecule has 0 fully saturated rings. The summed E-state index contributed by atoms with van der Waals surface area (Å²) in [5, 5.41) is 4.82. The fourth-order valence-corrected chi connectivity index (χ4v) is 2.18. The zero-order valence-corrected chi connectivity index (χ0v) is 15.5. The van der Waals surface area contributed by atoms with Crippen LogP contribution in [0.3, 0.4) is 0 Å². The Morgan fingerprint density at radius 1 is 1.16 bits per heavy atom. The van der Waals surface area contributed by atoms with Gasteiger partial charge in [-0.1, -0.05) is 29.3 Å². The lowest BCUT2D eigenvalue weighted by atomic mass is 10.2. The van der Waals surface area contributed by atoms with Crippen molar-refractivity contribution in [3.05, 3.63) is 63.6 Å².